The van der Waals surface area contributed by atoms with Crippen LogP contribution in [0.15, 0.2) is 23.0 Å². The van der Waals surface area contributed by atoms with Gasteiger partial charge in [0.15, 0.2) is 0 Å². The first-order chi connectivity index (χ1) is 7.74. The predicted molar refractivity (Wildman–Crippen MR) is 63.9 cm³/mol. The molecule has 2 rings (SSSR count). The Balaban J connectivity index is 2.40. The number of nitrogens with zero attached hydrogens (tertiary/aromatic N) is 1. The normalized spacial score (nSPS) is 10.9. The van der Waals surface area contributed by atoms with Crippen LogP contribution >= 0.6 is 0 Å². The molecule has 1 aromatic heterocycles. The van der Waals surface area contributed by atoms with Crippen LogP contribution < -0.4 is 10.4 Å². The van der Waals surface area contributed by atoms with Crippen molar-refractivity contribution in [2.24, 2.45) is 7.05 Å². The number of aryl methyl sites for hydroxylation is 1. The fraction of sp³-hybridized carbons (Fsp3) is 0.417. The van der Waals surface area contributed by atoms with Crippen molar-refractivity contribution in [3.05, 3.63) is 28.7 Å². The van der Waals surface area contributed by atoms with Crippen LogP contribution in [0.5, 0.6) is 5.75 Å². The van der Waals surface area contributed by atoms with Gasteiger partial charge in [0.25, 0.3) is 0 Å². The Hall–Kier alpha value is -1.71. The Kier molecular flexibility index (Phi) is 2.99. The van der Waals surface area contributed by atoms with E-state index in [4.69, 9.17) is 4.74 Å². The SMILES string of the molecule is CCCCOc1cccc2[nH]c(=O)n(C)c12. The van der Waals surface area contributed by atoms with E-state index in [9.17, 15) is 4.79 Å². The lowest BCUT2D eigenvalue weighted by Gasteiger charge is -2.07. The Morgan fingerprint density at radius 3 is 3.00 bits per heavy atom. The average Bonchev–Trinajstić information content (AvgIpc) is 2.56. The topological polar surface area (TPSA) is 47.0 Å². The summed E-state index contributed by atoms with van der Waals surface area (Å²) in [6, 6.07) is 5.66. The molecule has 0 saturated heterocycles. The van der Waals surface area contributed by atoms with E-state index in [0.717, 1.165) is 29.6 Å². The van der Waals surface area contributed by atoms with Gasteiger partial charge >= 0.3 is 5.69 Å². The highest BCUT2D eigenvalue weighted by atomic mass is 16.5. The van der Waals surface area contributed by atoms with Gasteiger partial charge in [-0.3, -0.25) is 4.57 Å². The molecular formula is C12H16N2O2. The van der Waals surface area contributed by atoms with E-state index in [1.54, 1.807) is 11.6 Å². The lowest BCUT2D eigenvalue weighted by Crippen LogP contribution is -2.12. The number of nitrogens with one attached hydrogen (secondary N) is 1. The Morgan fingerprint density at radius 1 is 1.44 bits per heavy atom. The maximum Gasteiger partial charge on any atom is 0.326 e. The highest BCUT2D eigenvalue weighted by molar-refractivity contribution is 5.81. The van der Waals surface area contributed by atoms with E-state index in [0.29, 0.717) is 6.61 Å². The molecule has 2 aromatic rings. The molecule has 0 aliphatic rings. The number of hydrogen-bond donors (Lipinski definition) is 1. The van der Waals surface area contributed by atoms with Crippen LogP contribution in [-0.2, 0) is 7.05 Å². The van der Waals surface area contributed by atoms with Crippen molar-refractivity contribution < 1.29 is 4.74 Å². The average molecular weight is 220 g/mol. The van der Waals surface area contributed by atoms with Gasteiger partial charge in [-0.05, 0) is 18.6 Å². The summed E-state index contributed by atoms with van der Waals surface area (Å²) in [5, 5.41) is 0. The molecule has 0 amide bonds. The van der Waals surface area contributed by atoms with E-state index < -0.39 is 0 Å². The summed E-state index contributed by atoms with van der Waals surface area (Å²) in [4.78, 5) is 14.3. The molecule has 1 aromatic carbocycles. The molecular weight excluding hydrogens is 204 g/mol. The second-order valence-electron chi connectivity index (χ2n) is 3.84. The summed E-state index contributed by atoms with van der Waals surface area (Å²) in [7, 11) is 1.74. The van der Waals surface area contributed by atoms with Gasteiger partial charge in [-0.15, -0.1) is 0 Å². The van der Waals surface area contributed by atoms with Crippen molar-refractivity contribution in [1.29, 1.82) is 0 Å². The molecule has 86 valence electrons. The number of unbranched alkanes of at least 4 members (excludes halogenated alkanes) is 1. The highest BCUT2D eigenvalue weighted by Crippen LogP contribution is 2.22. The van der Waals surface area contributed by atoms with Crippen LogP contribution in [0.4, 0.5) is 0 Å². The number of benzene rings is 1. The van der Waals surface area contributed by atoms with Crippen LogP contribution in [0, 0.1) is 0 Å². The molecule has 0 fully saturated rings. The van der Waals surface area contributed by atoms with Gasteiger partial charge in [0.2, 0.25) is 0 Å². The third-order valence-electron chi connectivity index (χ3n) is 2.64. The zero-order valence-electron chi connectivity index (χ0n) is 9.62. The van der Waals surface area contributed by atoms with Crippen molar-refractivity contribution in [1.82, 2.24) is 9.55 Å². The molecule has 0 spiro atoms. The summed E-state index contributed by atoms with van der Waals surface area (Å²) in [6.07, 6.45) is 2.12. The highest BCUT2D eigenvalue weighted by Gasteiger charge is 2.08. The first kappa shape index (κ1) is 10.8. The van der Waals surface area contributed by atoms with Gasteiger partial charge in [0.05, 0.1) is 12.1 Å². The zero-order valence-corrected chi connectivity index (χ0v) is 9.62. The third kappa shape index (κ3) is 1.83. The minimum atomic E-state index is -0.110. The zero-order chi connectivity index (χ0) is 11.5. The molecule has 0 saturated carbocycles. The van der Waals surface area contributed by atoms with E-state index in [-0.39, 0.29) is 5.69 Å². The quantitative estimate of drug-likeness (QED) is 0.801. The van der Waals surface area contributed by atoms with Crippen molar-refractivity contribution >= 4 is 11.0 Å². The van der Waals surface area contributed by atoms with E-state index in [1.807, 2.05) is 18.2 Å². The molecule has 1 N–H and O–H groups in total. The fourth-order valence-corrected chi connectivity index (χ4v) is 1.71. The first-order valence-corrected chi connectivity index (χ1v) is 5.54. The number of hydrogen-bond acceptors (Lipinski definition) is 2. The summed E-state index contributed by atoms with van der Waals surface area (Å²) < 4.78 is 7.25. The first-order valence-electron chi connectivity index (χ1n) is 5.54. The molecule has 4 heteroatoms. The maximum absolute atomic E-state index is 11.5. The summed E-state index contributed by atoms with van der Waals surface area (Å²) >= 11 is 0. The lowest BCUT2D eigenvalue weighted by atomic mass is 10.3. The molecule has 1 heterocycles. The van der Waals surface area contributed by atoms with Gasteiger partial charge in [0, 0.05) is 7.05 Å². The Labute approximate surface area is 93.9 Å². The molecule has 16 heavy (non-hydrogen) atoms. The molecule has 0 bridgehead atoms. The second-order valence-corrected chi connectivity index (χ2v) is 3.84. The molecule has 0 atom stereocenters. The standard InChI is InChI=1S/C12H16N2O2/c1-3-4-8-16-10-7-5-6-9-11(10)14(2)12(15)13-9/h5-7H,3-4,8H2,1-2H3,(H,13,15). The largest absolute Gasteiger partial charge is 0.491 e. The van der Waals surface area contributed by atoms with Crippen molar-refractivity contribution in [2.75, 3.05) is 6.61 Å². The van der Waals surface area contributed by atoms with Crippen LogP contribution in [0.3, 0.4) is 0 Å². The Morgan fingerprint density at radius 2 is 2.25 bits per heavy atom. The van der Waals surface area contributed by atoms with Crippen molar-refractivity contribution in [2.45, 2.75) is 19.8 Å². The van der Waals surface area contributed by atoms with Crippen LogP contribution in [-0.4, -0.2) is 16.2 Å². The maximum atomic E-state index is 11.5. The van der Waals surface area contributed by atoms with Crippen molar-refractivity contribution in [3.63, 3.8) is 0 Å². The van der Waals surface area contributed by atoms with Crippen LogP contribution in [0.2, 0.25) is 0 Å². The van der Waals surface area contributed by atoms with Gasteiger partial charge in [-0.2, -0.15) is 0 Å². The molecule has 0 unspecified atom stereocenters. The fourth-order valence-electron chi connectivity index (χ4n) is 1.71. The number of ether oxygens (including phenoxy) is 1. The number of aromatic nitrogens is 2. The molecule has 0 aliphatic carbocycles. The number of para-hydroxylation sites is 1. The summed E-state index contributed by atoms with van der Waals surface area (Å²) in [5.41, 5.74) is 1.55. The van der Waals surface area contributed by atoms with Gasteiger partial charge in [0.1, 0.15) is 11.3 Å². The molecule has 0 aliphatic heterocycles. The molecule has 0 radical (unpaired) electrons. The smallest absolute Gasteiger partial charge is 0.326 e. The molecule has 4 nitrogen and oxygen atoms in total. The van der Waals surface area contributed by atoms with E-state index in [1.165, 1.54) is 0 Å². The summed E-state index contributed by atoms with van der Waals surface area (Å²) in [6.45, 7) is 2.81. The number of H-pyrrole nitrogens is 1. The monoisotopic (exact) mass is 220 g/mol. The van der Waals surface area contributed by atoms with Crippen molar-refractivity contribution in [3.8, 4) is 5.75 Å². The van der Waals surface area contributed by atoms with E-state index in [2.05, 4.69) is 11.9 Å². The number of rotatable bonds is 4. The second kappa shape index (κ2) is 4.43. The number of imidazole rings is 1. The lowest BCUT2D eigenvalue weighted by molar-refractivity contribution is 0.312. The predicted octanol–water partition coefficient (Wildman–Crippen LogP) is 2.05. The van der Waals surface area contributed by atoms with Gasteiger partial charge in [-0.25, -0.2) is 4.79 Å². The number of aromatic amines is 1. The third-order valence-corrected chi connectivity index (χ3v) is 2.64. The summed E-state index contributed by atoms with van der Waals surface area (Å²) in [5.74, 6) is 0.770. The Bertz CT molecular complexity index is 539. The number of fused-ring (bicyclic) bond motifs is 1. The minimum Gasteiger partial charge on any atom is -0.491 e. The van der Waals surface area contributed by atoms with E-state index >= 15 is 0 Å². The van der Waals surface area contributed by atoms with Gasteiger partial charge < -0.3 is 9.72 Å². The van der Waals surface area contributed by atoms with Crippen LogP contribution in [0.1, 0.15) is 19.8 Å². The van der Waals surface area contributed by atoms with Gasteiger partial charge in [-0.1, -0.05) is 19.4 Å². The minimum absolute atomic E-state index is 0.110. The van der Waals surface area contributed by atoms with Crippen LogP contribution in [0.25, 0.3) is 11.0 Å².